The SMILES string of the molecule is CC(N)C(C)C(=O)Nc1ccc(NC(=O)C2CC2)nc1.Cl.Cl. The van der Waals surface area contributed by atoms with Gasteiger partial charge in [0.2, 0.25) is 11.8 Å². The van der Waals surface area contributed by atoms with E-state index < -0.39 is 0 Å². The van der Waals surface area contributed by atoms with Crippen molar-refractivity contribution in [1.82, 2.24) is 4.98 Å². The van der Waals surface area contributed by atoms with Gasteiger partial charge in [0.05, 0.1) is 17.8 Å². The molecule has 124 valence electrons. The van der Waals surface area contributed by atoms with Crippen LogP contribution in [-0.2, 0) is 9.59 Å². The first-order valence-electron chi connectivity index (χ1n) is 6.80. The number of amides is 2. The molecule has 22 heavy (non-hydrogen) atoms. The van der Waals surface area contributed by atoms with E-state index >= 15 is 0 Å². The molecule has 1 fully saturated rings. The van der Waals surface area contributed by atoms with Crippen LogP contribution in [0.25, 0.3) is 0 Å². The van der Waals surface area contributed by atoms with E-state index in [9.17, 15) is 9.59 Å². The molecule has 0 spiro atoms. The fourth-order valence-corrected chi connectivity index (χ4v) is 1.61. The fourth-order valence-electron chi connectivity index (χ4n) is 1.61. The first-order chi connectivity index (χ1) is 9.47. The quantitative estimate of drug-likeness (QED) is 0.759. The zero-order valence-corrected chi connectivity index (χ0v) is 14.2. The van der Waals surface area contributed by atoms with Crippen molar-refractivity contribution in [2.45, 2.75) is 32.7 Å². The lowest BCUT2D eigenvalue weighted by Gasteiger charge is -2.15. The predicted molar refractivity (Wildman–Crippen MR) is 91.5 cm³/mol. The van der Waals surface area contributed by atoms with Gasteiger partial charge >= 0.3 is 0 Å². The molecule has 1 aliphatic carbocycles. The van der Waals surface area contributed by atoms with Crippen LogP contribution in [0.5, 0.6) is 0 Å². The summed E-state index contributed by atoms with van der Waals surface area (Å²) in [6, 6.07) is 3.17. The van der Waals surface area contributed by atoms with Crippen LogP contribution in [0.4, 0.5) is 11.5 Å². The molecule has 0 aromatic carbocycles. The maximum absolute atomic E-state index is 11.8. The summed E-state index contributed by atoms with van der Waals surface area (Å²) in [7, 11) is 0. The van der Waals surface area contributed by atoms with Gasteiger partial charge in [0.25, 0.3) is 0 Å². The van der Waals surface area contributed by atoms with Gasteiger partial charge in [-0.3, -0.25) is 9.59 Å². The minimum atomic E-state index is -0.274. The number of nitrogens with zero attached hydrogens (tertiary/aromatic N) is 1. The van der Waals surface area contributed by atoms with Gasteiger partial charge in [0.15, 0.2) is 0 Å². The van der Waals surface area contributed by atoms with Gasteiger partial charge in [-0.25, -0.2) is 4.98 Å². The van der Waals surface area contributed by atoms with Gasteiger partial charge in [-0.15, -0.1) is 24.8 Å². The van der Waals surface area contributed by atoms with Crippen LogP contribution in [0.15, 0.2) is 18.3 Å². The van der Waals surface area contributed by atoms with Crippen molar-refractivity contribution in [3.8, 4) is 0 Å². The Morgan fingerprint density at radius 3 is 2.32 bits per heavy atom. The lowest BCUT2D eigenvalue weighted by Crippen LogP contribution is -2.34. The zero-order chi connectivity index (χ0) is 14.7. The number of hydrogen-bond acceptors (Lipinski definition) is 4. The van der Waals surface area contributed by atoms with E-state index in [1.807, 2.05) is 0 Å². The van der Waals surface area contributed by atoms with E-state index in [1.54, 1.807) is 26.0 Å². The highest BCUT2D eigenvalue weighted by Crippen LogP contribution is 2.29. The number of rotatable bonds is 5. The lowest BCUT2D eigenvalue weighted by molar-refractivity contribution is -0.120. The highest BCUT2D eigenvalue weighted by molar-refractivity contribution is 5.94. The molecule has 6 nitrogen and oxygen atoms in total. The first-order valence-corrected chi connectivity index (χ1v) is 6.80. The molecule has 0 bridgehead atoms. The van der Waals surface area contributed by atoms with Crippen LogP contribution in [-0.4, -0.2) is 22.8 Å². The average Bonchev–Trinajstić information content (AvgIpc) is 3.24. The highest BCUT2D eigenvalue weighted by atomic mass is 35.5. The molecule has 1 aromatic heterocycles. The number of halogens is 2. The van der Waals surface area contributed by atoms with Crippen molar-refractivity contribution >= 4 is 48.1 Å². The Labute approximate surface area is 142 Å². The monoisotopic (exact) mass is 348 g/mol. The number of anilines is 2. The van der Waals surface area contributed by atoms with Gasteiger partial charge in [-0.1, -0.05) is 6.92 Å². The van der Waals surface area contributed by atoms with E-state index in [0.29, 0.717) is 11.5 Å². The second-order valence-electron chi connectivity index (χ2n) is 5.33. The molecule has 1 heterocycles. The maximum atomic E-state index is 11.8. The van der Waals surface area contributed by atoms with Gasteiger partial charge in [-0.2, -0.15) is 0 Å². The summed E-state index contributed by atoms with van der Waals surface area (Å²) in [5.41, 5.74) is 6.27. The maximum Gasteiger partial charge on any atom is 0.228 e. The third kappa shape index (κ3) is 5.79. The molecule has 1 saturated carbocycles. The molecule has 2 unspecified atom stereocenters. The minimum Gasteiger partial charge on any atom is -0.327 e. The topological polar surface area (TPSA) is 97.1 Å². The largest absolute Gasteiger partial charge is 0.327 e. The van der Waals surface area contributed by atoms with Crippen molar-refractivity contribution in [3.63, 3.8) is 0 Å². The Bertz CT molecular complexity index is 504. The number of nitrogens with two attached hydrogens (primary N) is 1. The van der Waals surface area contributed by atoms with Crippen molar-refractivity contribution in [2.24, 2.45) is 17.6 Å². The molecule has 8 heteroatoms. The summed E-state index contributed by atoms with van der Waals surface area (Å²) in [4.78, 5) is 27.5. The summed E-state index contributed by atoms with van der Waals surface area (Å²) in [5, 5.41) is 5.49. The number of nitrogens with one attached hydrogen (secondary N) is 2. The Hall–Kier alpha value is -1.37. The molecule has 0 radical (unpaired) electrons. The van der Waals surface area contributed by atoms with E-state index in [0.717, 1.165) is 12.8 Å². The first kappa shape index (κ1) is 20.6. The van der Waals surface area contributed by atoms with Crippen molar-refractivity contribution in [2.75, 3.05) is 10.6 Å². The summed E-state index contributed by atoms with van der Waals surface area (Å²) in [6.07, 6.45) is 3.43. The second kappa shape index (κ2) is 8.92. The van der Waals surface area contributed by atoms with Gasteiger partial charge in [0.1, 0.15) is 5.82 Å². The standard InChI is InChI=1S/C14H20N4O2.2ClH/c1-8(9(2)15)13(19)17-11-5-6-12(16-7-11)18-14(20)10-3-4-10;;/h5-10H,3-4,15H2,1-2H3,(H,17,19)(H,16,18,20);2*1H. The summed E-state index contributed by atoms with van der Waals surface area (Å²) >= 11 is 0. The van der Waals surface area contributed by atoms with E-state index in [1.165, 1.54) is 6.20 Å². The van der Waals surface area contributed by atoms with Crippen molar-refractivity contribution < 1.29 is 9.59 Å². The zero-order valence-electron chi connectivity index (χ0n) is 12.5. The molecule has 1 aromatic rings. The third-order valence-electron chi connectivity index (χ3n) is 3.43. The number of carbonyl (C=O) groups is 2. The van der Waals surface area contributed by atoms with Gasteiger partial charge < -0.3 is 16.4 Å². The summed E-state index contributed by atoms with van der Waals surface area (Å²) in [6.45, 7) is 3.57. The molecule has 2 atom stereocenters. The number of aromatic nitrogens is 1. The fraction of sp³-hybridized carbons (Fsp3) is 0.500. The van der Waals surface area contributed by atoms with Crippen LogP contribution >= 0.6 is 24.8 Å². The van der Waals surface area contributed by atoms with Gasteiger partial charge in [-0.05, 0) is 31.9 Å². The minimum absolute atomic E-state index is 0. The number of hydrogen-bond donors (Lipinski definition) is 3. The van der Waals surface area contributed by atoms with Crippen LogP contribution in [0, 0.1) is 11.8 Å². The van der Waals surface area contributed by atoms with Crippen LogP contribution in [0.1, 0.15) is 26.7 Å². The van der Waals surface area contributed by atoms with E-state index in [2.05, 4.69) is 15.6 Å². The molecule has 1 aliphatic rings. The van der Waals surface area contributed by atoms with Crippen LogP contribution < -0.4 is 16.4 Å². The number of carbonyl (C=O) groups excluding carboxylic acids is 2. The second-order valence-corrected chi connectivity index (χ2v) is 5.33. The smallest absolute Gasteiger partial charge is 0.228 e. The molecule has 0 aliphatic heterocycles. The molecule has 2 rings (SSSR count). The van der Waals surface area contributed by atoms with E-state index in [4.69, 9.17) is 5.73 Å². The molecular weight excluding hydrogens is 327 g/mol. The highest BCUT2D eigenvalue weighted by Gasteiger charge is 2.29. The van der Waals surface area contributed by atoms with Crippen LogP contribution in [0.3, 0.4) is 0 Å². The van der Waals surface area contributed by atoms with E-state index in [-0.39, 0.29) is 54.5 Å². The Balaban J connectivity index is 0.00000220. The normalized spacial score (nSPS) is 15.6. The average molecular weight is 349 g/mol. The molecule has 0 saturated heterocycles. The molecule has 4 N–H and O–H groups in total. The number of pyridine rings is 1. The third-order valence-corrected chi connectivity index (χ3v) is 3.43. The Morgan fingerprint density at radius 2 is 1.86 bits per heavy atom. The molecule has 2 amide bonds. The summed E-state index contributed by atoms with van der Waals surface area (Å²) in [5.74, 6) is 0.240. The van der Waals surface area contributed by atoms with Crippen LogP contribution in [0.2, 0.25) is 0 Å². The molecular formula is C14H22Cl2N4O2. The summed E-state index contributed by atoms with van der Waals surface area (Å²) < 4.78 is 0. The predicted octanol–water partition coefficient (Wildman–Crippen LogP) is 2.20. The lowest BCUT2D eigenvalue weighted by atomic mass is 10.0. The Kier molecular flexibility index (Phi) is 8.37. The van der Waals surface area contributed by atoms with Crippen molar-refractivity contribution in [1.29, 1.82) is 0 Å². The van der Waals surface area contributed by atoms with Crippen molar-refractivity contribution in [3.05, 3.63) is 18.3 Å². The van der Waals surface area contributed by atoms with Gasteiger partial charge in [0, 0.05) is 12.0 Å². The Morgan fingerprint density at radius 1 is 1.23 bits per heavy atom.